The third kappa shape index (κ3) is 3.60. The number of benzene rings is 3. The molecule has 1 aliphatic heterocycles. The Morgan fingerprint density at radius 3 is 2.61 bits per heavy atom. The first-order valence-corrected chi connectivity index (χ1v) is 9.80. The fraction of sp³-hybridized carbons (Fsp3) is 0.0909. The summed E-state index contributed by atoms with van der Waals surface area (Å²) in [7, 11) is 1.45. The minimum atomic E-state index is -0.416. The maximum Gasteiger partial charge on any atom is 0.328 e. The Morgan fingerprint density at radius 2 is 1.86 bits per heavy atom. The fourth-order valence-electron chi connectivity index (χ4n) is 3.09. The van der Waals surface area contributed by atoms with Crippen LogP contribution >= 0.6 is 22.6 Å². The molecule has 0 aromatic heterocycles. The number of imide groups is 1. The zero-order valence-electron chi connectivity index (χ0n) is 15.1. The van der Waals surface area contributed by atoms with Crippen molar-refractivity contribution in [3.05, 3.63) is 81.1 Å². The number of urea groups is 1. The van der Waals surface area contributed by atoms with E-state index in [0.717, 1.165) is 25.3 Å². The number of hydrogen-bond donors (Lipinski definition) is 1. The van der Waals surface area contributed by atoms with Gasteiger partial charge in [-0.05, 0) is 62.7 Å². The van der Waals surface area contributed by atoms with Crippen LogP contribution in [-0.4, -0.2) is 23.9 Å². The summed E-state index contributed by atoms with van der Waals surface area (Å²) >= 11 is 2.21. The van der Waals surface area contributed by atoms with Crippen LogP contribution in [0.25, 0.3) is 16.8 Å². The van der Waals surface area contributed by atoms with Crippen LogP contribution in [0.1, 0.15) is 11.1 Å². The van der Waals surface area contributed by atoms with E-state index in [4.69, 9.17) is 4.74 Å². The highest BCUT2D eigenvalue weighted by molar-refractivity contribution is 14.1. The van der Waals surface area contributed by atoms with Crippen LogP contribution in [-0.2, 0) is 11.4 Å². The second kappa shape index (κ2) is 7.63. The van der Waals surface area contributed by atoms with Gasteiger partial charge in [-0.25, -0.2) is 4.79 Å². The van der Waals surface area contributed by atoms with Crippen LogP contribution in [0.3, 0.4) is 0 Å². The number of hydrogen-bond acceptors (Lipinski definition) is 3. The number of likely N-dealkylation sites (N-methyl/N-ethyl adjacent to an activating group) is 1. The van der Waals surface area contributed by atoms with Crippen LogP contribution in [0.4, 0.5) is 4.79 Å². The molecule has 6 heteroatoms. The van der Waals surface area contributed by atoms with Gasteiger partial charge >= 0.3 is 6.03 Å². The normalized spacial score (nSPS) is 15.4. The number of amides is 3. The molecule has 1 N–H and O–H groups in total. The summed E-state index contributed by atoms with van der Waals surface area (Å²) < 4.78 is 6.97. The summed E-state index contributed by atoms with van der Waals surface area (Å²) in [5.74, 6) is 0.436. The molecule has 0 spiro atoms. The van der Waals surface area contributed by atoms with E-state index in [1.54, 1.807) is 6.08 Å². The molecule has 1 saturated heterocycles. The summed E-state index contributed by atoms with van der Waals surface area (Å²) in [4.78, 5) is 24.6. The molecule has 0 atom stereocenters. The Balaban J connectivity index is 1.52. The summed E-state index contributed by atoms with van der Waals surface area (Å²) in [6.45, 7) is 0.469. The van der Waals surface area contributed by atoms with Crippen molar-refractivity contribution < 1.29 is 14.3 Å². The maximum atomic E-state index is 12.0. The van der Waals surface area contributed by atoms with Gasteiger partial charge in [0.15, 0.2) is 0 Å². The SMILES string of the molecule is CN1C(=O)N/C(=C/c2ccc(OCc3cccc4ccccc34)c(I)c2)C1=O. The lowest BCUT2D eigenvalue weighted by molar-refractivity contribution is -0.121. The van der Waals surface area contributed by atoms with Gasteiger partial charge in [0.05, 0.1) is 3.57 Å². The average Bonchev–Trinajstić information content (AvgIpc) is 2.94. The Kier molecular flexibility index (Phi) is 5.04. The molecule has 5 nitrogen and oxygen atoms in total. The quantitative estimate of drug-likeness (QED) is 0.336. The van der Waals surface area contributed by atoms with Gasteiger partial charge in [0, 0.05) is 7.05 Å². The van der Waals surface area contributed by atoms with Gasteiger partial charge in [0.1, 0.15) is 18.1 Å². The van der Waals surface area contributed by atoms with E-state index in [1.165, 1.54) is 17.8 Å². The van der Waals surface area contributed by atoms with Crippen molar-refractivity contribution in [2.45, 2.75) is 6.61 Å². The molecule has 0 saturated carbocycles. The first kappa shape index (κ1) is 18.5. The molecule has 1 fully saturated rings. The molecule has 1 aliphatic rings. The summed E-state index contributed by atoms with van der Waals surface area (Å²) in [6.07, 6.45) is 1.67. The van der Waals surface area contributed by atoms with Crippen molar-refractivity contribution in [1.82, 2.24) is 10.2 Å². The number of carbonyl (C=O) groups is 2. The van der Waals surface area contributed by atoms with Crippen LogP contribution in [0, 0.1) is 3.57 Å². The molecule has 0 aliphatic carbocycles. The molecule has 0 unspecified atom stereocenters. The number of nitrogens with one attached hydrogen (secondary N) is 1. The molecule has 1 heterocycles. The van der Waals surface area contributed by atoms with Crippen LogP contribution in [0.15, 0.2) is 66.4 Å². The number of nitrogens with zero attached hydrogens (tertiary/aromatic N) is 1. The number of ether oxygens (including phenoxy) is 1. The fourth-order valence-corrected chi connectivity index (χ4v) is 3.78. The molecule has 3 aromatic rings. The van der Waals surface area contributed by atoms with E-state index in [-0.39, 0.29) is 11.6 Å². The predicted octanol–water partition coefficient (Wildman–Crippen LogP) is 4.55. The van der Waals surface area contributed by atoms with E-state index >= 15 is 0 Å². The standard InChI is InChI=1S/C22H17IN2O3/c1-25-21(26)19(24-22(25)27)12-14-9-10-20(18(23)11-14)28-13-16-7-4-6-15-5-2-3-8-17(15)16/h2-12H,13H2,1H3,(H,24,27)/b19-12+. The zero-order chi connectivity index (χ0) is 19.7. The number of halogens is 1. The Morgan fingerprint density at radius 1 is 1.07 bits per heavy atom. The van der Waals surface area contributed by atoms with Crippen molar-refractivity contribution in [2.75, 3.05) is 7.05 Å². The highest BCUT2D eigenvalue weighted by atomic mass is 127. The molecule has 140 valence electrons. The lowest BCUT2D eigenvalue weighted by Gasteiger charge is -2.11. The van der Waals surface area contributed by atoms with Crippen molar-refractivity contribution in [3.63, 3.8) is 0 Å². The van der Waals surface area contributed by atoms with Crippen molar-refractivity contribution in [1.29, 1.82) is 0 Å². The van der Waals surface area contributed by atoms with Crippen LogP contribution in [0.2, 0.25) is 0 Å². The largest absolute Gasteiger partial charge is 0.488 e. The summed E-state index contributed by atoms with van der Waals surface area (Å²) in [5.41, 5.74) is 2.22. The molecule has 0 bridgehead atoms. The highest BCUT2D eigenvalue weighted by Gasteiger charge is 2.29. The van der Waals surface area contributed by atoms with Crippen molar-refractivity contribution in [3.8, 4) is 5.75 Å². The lowest BCUT2D eigenvalue weighted by Crippen LogP contribution is -2.25. The van der Waals surface area contributed by atoms with Gasteiger partial charge in [-0.1, -0.05) is 48.5 Å². The molecule has 4 rings (SSSR count). The number of fused-ring (bicyclic) bond motifs is 1. The second-order valence-electron chi connectivity index (χ2n) is 6.47. The van der Waals surface area contributed by atoms with E-state index in [9.17, 15) is 9.59 Å². The first-order valence-electron chi connectivity index (χ1n) is 8.72. The third-order valence-electron chi connectivity index (χ3n) is 4.61. The highest BCUT2D eigenvalue weighted by Crippen LogP contribution is 2.26. The van der Waals surface area contributed by atoms with Gasteiger partial charge in [-0.2, -0.15) is 0 Å². The Labute approximate surface area is 176 Å². The van der Waals surface area contributed by atoms with E-state index in [0.29, 0.717) is 6.61 Å². The number of carbonyl (C=O) groups excluding carboxylic acids is 2. The van der Waals surface area contributed by atoms with Gasteiger partial charge in [0.25, 0.3) is 5.91 Å². The van der Waals surface area contributed by atoms with E-state index < -0.39 is 6.03 Å². The Bertz CT molecular complexity index is 1120. The molecule has 3 amide bonds. The third-order valence-corrected chi connectivity index (χ3v) is 5.45. The molecular formula is C22H17IN2O3. The summed E-state index contributed by atoms with van der Waals surface area (Å²) in [6, 6.07) is 19.7. The van der Waals surface area contributed by atoms with Crippen molar-refractivity contribution in [2.24, 2.45) is 0 Å². The maximum absolute atomic E-state index is 12.0. The molecule has 28 heavy (non-hydrogen) atoms. The molecular weight excluding hydrogens is 467 g/mol. The molecule has 3 aromatic carbocycles. The van der Waals surface area contributed by atoms with Gasteiger partial charge < -0.3 is 10.1 Å². The van der Waals surface area contributed by atoms with Gasteiger partial charge in [-0.3, -0.25) is 9.69 Å². The van der Waals surface area contributed by atoms with Gasteiger partial charge in [-0.15, -0.1) is 0 Å². The van der Waals surface area contributed by atoms with E-state index in [1.807, 2.05) is 36.4 Å². The lowest BCUT2D eigenvalue weighted by atomic mass is 10.1. The van der Waals surface area contributed by atoms with Crippen LogP contribution < -0.4 is 10.1 Å². The minimum absolute atomic E-state index is 0.271. The monoisotopic (exact) mass is 484 g/mol. The minimum Gasteiger partial charge on any atom is -0.488 e. The second-order valence-corrected chi connectivity index (χ2v) is 7.63. The Hall–Kier alpha value is -2.87. The first-order chi connectivity index (χ1) is 13.5. The summed E-state index contributed by atoms with van der Waals surface area (Å²) in [5, 5.41) is 4.93. The topological polar surface area (TPSA) is 58.6 Å². The number of rotatable bonds is 4. The average molecular weight is 484 g/mol. The van der Waals surface area contributed by atoms with Gasteiger partial charge in [0.2, 0.25) is 0 Å². The predicted molar refractivity (Wildman–Crippen MR) is 117 cm³/mol. The van der Waals surface area contributed by atoms with E-state index in [2.05, 4.69) is 52.2 Å². The van der Waals surface area contributed by atoms with Crippen LogP contribution in [0.5, 0.6) is 5.75 Å². The smallest absolute Gasteiger partial charge is 0.328 e. The zero-order valence-corrected chi connectivity index (χ0v) is 17.3. The molecule has 0 radical (unpaired) electrons. The van der Waals surface area contributed by atoms with Crippen molar-refractivity contribution >= 4 is 51.4 Å².